The van der Waals surface area contributed by atoms with Crippen LogP contribution in [-0.2, 0) is 4.74 Å². The predicted molar refractivity (Wildman–Crippen MR) is 67.2 cm³/mol. The number of carbonyl (C=O) groups excluding carboxylic acids is 1. The van der Waals surface area contributed by atoms with Crippen molar-refractivity contribution in [2.45, 2.75) is 12.8 Å². The van der Waals surface area contributed by atoms with Crippen LogP contribution in [0.25, 0.3) is 0 Å². The topological polar surface area (TPSA) is 75.6 Å². The van der Waals surface area contributed by atoms with E-state index in [0.717, 1.165) is 37.4 Å². The summed E-state index contributed by atoms with van der Waals surface area (Å²) >= 11 is 0.999. The molecule has 1 aliphatic heterocycles. The Morgan fingerprint density at radius 3 is 2.61 bits per heavy atom. The van der Waals surface area contributed by atoms with Crippen LogP contribution in [0, 0.1) is 5.92 Å². The van der Waals surface area contributed by atoms with E-state index < -0.39 is 5.97 Å². The smallest absolute Gasteiger partial charge is 0.345 e. The van der Waals surface area contributed by atoms with Crippen LogP contribution in [0.15, 0.2) is 12.1 Å². The second kappa shape index (κ2) is 5.97. The molecule has 1 fully saturated rings. The van der Waals surface area contributed by atoms with E-state index in [9.17, 15) is 9.59 Å². The first kappa shape index (κ1) is 13.0. The van der Waals surface area contributed by atoms with Crippen LogP contribution in [0.5, 0.6) is 0 Å². The van der Waals surface area contributed by atoms with Gasteiger partial charge in [-0.15, -0.1) is 11.3 Å². The summed E-state index contributed by atoms with van der Waals surface area (Å²) in [6, 6.07) is 3.00. The molecule has 1 aliphatic rings. The number of ether oxygens (including phenoxy) is 1. The molecule has 5 nitrogen and oxygen atoms in total. The molecule has 98 valence electrons. The minimum Gasteiger partial charge on any atom is -0.477 e. The number of rotatable bonds is 4. The lowest BCUT2D eigenvalue weighted by Crippen LogP contribution is -2.31. The third-order valence-electron chi connectivity index (χ3n) is 2.93. The monoisotopic (exact) mass is 269 g/mol. The summed E-state index contributed by atoms with van der Waals surface area (Å²) in [5.41, 5.74) is 0. The Bertz CT molecular complexity index is 437. The maximum absolute atomic E-state index is 11.8. The van der Waals surface area contributed by atoms with E-state index in [4.69, 9.17) is 9.84 Å². The Labute approximate surface area is 109 Å². The second-order valence-electron chi connectivity index (χ2n) is 4.23. The average molecular weight is 269 g/mol. The number of carboxylic acid groups (broad SMARTS) is 1. The normalized spacial score (nSPS) is 16.4. The molecule has 0 saturated carbocycles. The molecule has 0 aliphatic carbocycles. The fraction of sp³-hybridized carbons (Fsp3) is 0.500. The van der Waals surface area contributed by atoms with Crippen LogP contribution in [0.1, 0.15) is 32.2 Å². The van der Waals surface area contributed by atoms with E-state index in [2.05, 4.69) is 5.32 Å². The molecule has 0 unspecified atom stereocenters. The third kappa shape index (κ3) is 3.30. The predicted octanol–water partition coefficient (Wildman–Crippen LogP) is 1.60. The van der Waals surface area contributed by atoms with E-state index in [1.165, 1.54) is 6.07 Å². The molecule has 1 amide bonds. The largest absolute Gasteiger partial charge is 0.477 e. The molecule has 0 bridgehead atoms. The summed E-state index contributed by atoms with van der Waals surface area (Å²) in [6.45, 7) is 2.13. The van der Waals surface area contributed by atoms with Crippen LogP contribution >= 0.6 is 11.3 Å². The molecule has 0 radical (unpaired) electrons. The van der Waals surface area contributed by atoms with E-state index in [0.29, 0.717) is 17.3 Å². The number of carboxylic acids is 1. The molecule has 0 spiro atoms. The van der Waals surface area contributed by atoms with Gasteiger partial charge in [0, 0.05) is 19.8 Å². The first-order chi connectivity index (χ1) is 8.66. The highest BCUT2D eigenvalue weighted by Gasteiger charge is 2.17. The van der Waals surface area contributed by atoms with E-state index in [-0.39, 0.29) is 10.8 Å². The zero-order valence-electron chi connectivity index (χ0n) is 9.85. The van der Waals surface area contributed by atoms with E-state index in [1.807, 2.05) is 0 Å². The first-order valence-electron chi connectivity index (χ1n) is 5.86. The average Bonchev–Trinajstić information content (AvgIpc) is 2.87. The van der Waals surface area contributed by atoms with Crippen LogP contribution < -0.4 is 5.32 Å². The highest BCUT2D eigenvalue weighted by molar-refractivity contribution is 7.15. The van der Waals surface area contributed by atoms with Gasteiger partial charge in [0.1, 0.15) is 4.88 Å². The lowest BCUT2D eigenvalue weighted by atomic mass is 10.0. The minimum atomic E-state index is -0.997. The highest BCUT2D eigenvalue weighted by atomic mass is 32.1. The van der Waals surface area contributed by atoms with Crippen molar-refractivity contribution < 1.29 is 19.4 Å². The van der Waals surface area contributed by atoms with Gasteiger partial charge in [-0.25, -0.2) is 4.79 Å². The minimum absolute atomic E-state index is 0.186. The highest BCUT2D eigenvalue weighted by Crippen LogP contribution is 2.17. The summed E-state index contributed by atoms with van der Waals surface area (Å²) < 4.78 is 5.24. The number of amides is 1. The van der Waals surface area contributed by atoms with Crippen molar-refractivity contribution >= 4 is 23.2 Å². The van der Waals surface area contributed by atoms with Gasteiger partial charge in [0.05, 0.1) is 4.88 Å². The zero-order chi connectivity index (χ0) is 13.0. The molecule has 2 heterocycles. The number of hydrogen-bond donors (Lipinski definition) is 2. The van der Waals surface area contributed by atoms with Gasteiger partial charge in [-0.05, 0) is 30.9 Å². The number of aromatic carboxylic acids is 1. The third-order valence-corrected chi connectivity index (χ3v) is 4.00. The summed E-state index contributed by atoms with van der Waals surface area (Å²) in [7, 11) is 0. The van der Waals surface area contributed by atoms with Crippen molar-refractivity contribution in [2.75, 3.05) is 19.8 Å². The second-order valence-corrected chi connectivity index (χ2v) is 5.32. The van der Waals surface area contributed by atoms with Crippen molar-refractivity contribution in [2.24, 2.45) is 5.92 Å². The van der Waals surface area contributed by atoms with E-state index >= 15 is 0 Å². The lowest BCUT2D eigenvalue weighted by molar-refractivity contribution is 0.0643. The summed E-state index contributed by atoms with van der Waals surface area (Å²) in [5, 5.41) is 11.6. The molecule has 18 heavy (non-hydrogen) atoms. The zero-order valence-corrected chi connectivity index (χ0v) is 10.7. The van der Waals surface area contributed by atoms with Crippen LogP contribution in [0.2, 0.25) is 0 Å². The summed E-state index contributed by atoms with van der Waals surface area (Å²) in [4.78, 5) is 23.1. The quantitative estimate of drug-likeness (QED) is 0.870. The number of hydrogen-bond acceptors (Lipinski definition) is 4. The Hall–Kier alpha value is -1.40. The molecule has 0 atom stereocenters. The molecular formula is C12H15NO4S. The Morgan fingerprint density at radius 2 is 2.00 bits per heavy atom. The van der Waals surface area contributed by atoms with Gasteiger partial charge in [-0.2, -0.15) is 0 Å². The maximum atomic E-state index is 11.8. The molecule has 2 N–H and O–H groups in total. The first-order valence-corrected chi connectivity index (χ1v) is 6.67. The molecule has 6 heteroatoms. The molecule has 1 saturated heterocycles. The van der Waals surface area contributed by atoms with Crippen molar-refractivity contribution in [3.8, 4) is 0 Å². The number of carbonyl (C=O) groups is 2. The van der Waals surface area contributed by atoms with Crippen molar-refractivity contribution in [1.82, 2.24) is 5.32 Å². The lowest BCUT2D eigenvalue weighted by Gasteiger charge is -2.21. The van der Waals surface area contributed by atoms with Crippen LogP contribution in [0.3, 0.4) is 0 Å². The molecule has 2 rings (SSSR count). The van der Waals surface area contributed by atoms with Crippen LogP contribution in [-0.4, -0.2) is 36.7 Å². The van der Waals surface area contributed by atoms with Gasteiger partial charge < -0.3 is 15.2 Å². The standard InChI is InChI=1S/C12H15NO4S/c14-11(9-1-2-10(18-9)12(15)16)13-7-8-3-5-17-6-4-8/h1-2,8H,3-7H2,(H,13,14)(H,15,16). The molecular weight excluding hydrogens is 254 g/mol. The Kier molecular flexibility index (Phi) is 4.33. The molecule has 1 aromatic heterocycles. The van der Waals surface area contributed by atoms with Gasteiger partial charge in [0.15, 0.2) is 0 Å². The fourth-order valence-corrected chi connectivity index (χ4v) is 2.61. The van der Waals surface area contributed by atoms with Crippen LogP contribution in [0.4, 0.5) is 0 Å². The Morgan fingerprint density at radius 1 is 1.33 bits per heavy atom. The SMILES string of the molecule is O=C(O)c1ccc(C(=O)NCC2CCOCC2)s1. The summed E-state index contributed by atoms with van der Waals surface area (Å²) in [6.07, 6.45) is 1.93. The van der Waals surface area contributed by atoms with Gasteiger partial charge in [-0.3, -0.25) is 4.79 Å². The van der Waals surface area contributed by atoms with Gasteiger partial charge >= 0.3 is 5.97 Å². The van der Waals surface area contributed by atoms with E-state index in [1.54, 1.807) is 6.07 Å². The number of nitrogens with one attached hydrogen (secondary N) is 1. The van der Waals surface area contributed by atoms with Crippen molar-refractivity contribution in [3.05, 3.63) is 21.9 Å². The maximum Gasteiger partial charge on any atom is 0.345 e. The van der Waals surface area contributed by atoms with Crippen molar-refractivity contribution in [3.63, 3.8) is 0 Å². The van der Waals surface area contributed by atoms with Crippen molar-refractivity contribution in [1.29, 1.82) is 0 Å². The van der Waals surface area contributed by atoms with Gasteiger partial charge in [-0.1, -0.05) is 0 Å². The van der Waals surface area contributed by atoms with Gasteiger partial charge in [0.25, 0.3) is 5.91 Å². The number of thiophene rings is 1. The summed E-state index contributed by atoms with van der Waals surface area (Å²) in [5.74, 6) is -0.732. The van der Waals surface area contributed by atoms with Gasteiger partial charge in [0.2, 0.25) is 0 Å². The molecule has 0 aromatic carbocycles. The fourth-order valence-electron chi connectivity index (χ4n) is 1.85. The Balaban J connectivity index is 1.84. The molecule has 1 aromatic rings.